The van der Waals surface area contributed by atoms with E-state index in [1.807, 2.05) is 52.0 Å². The van der Waals surface area contributed by atoms with Crippen LogP contribution < -0.4 is 0 Å². The van der Waals surface area contributed by atoms with Crippen LogP contribution in [0.2, 0.25) is 0 Å². The molecule has 9 heteroatoms. The van der Waals surface area contributed by atoms with Gasteiger partial charge in [-0.3, -0.25) is 18.6 Å². The zero-order valence-corrected chi connectivity index (χ0v) is 21.1. The summed E-state index contributed by atoms with van der Waals surface area (Å²) in [5, 5.41) is 4.43. The molecule has 3 heterocycles. The zero-order chi connectivity index (χ0) is 23.8. The van der Waals surface area contributed by atoms with Crippen LogP contribution in [0.15, 0.2) is 42.5 Å². The van der Waals surface area contributed by atoms with Gasteiger partial charge in [-0.1, -0.05) is 38.1 Å². The van der Waals surface area contributed by atoms with Crippen LogP contribution in [0.25, 0.3) is 21.9 Å². The molecule has 4 aromatic rings. The third kappa shape index (κ3) is 4.67. The first kappa shape index (κ1) is 25.3. The van der Waals surface area contributed by atoms with Gasteiger partial charge in [-0.25, -0.2) is 5.10 Å². The van der Waals surface area contributed by atoms with Gasteiger partial charge < -0.3 is 14.6 Å². The van der Waals surface area contributed by atoms with Crippen molar-refractivity contribution in [3.8, 4) is 17.1 Å². The van der Waals surface area contributed by atoms with Gasteiger partial charge in [-0.15, -0.1) is 17.7 Å². The first-order valence-corrected chi connectivity index (χ1v) is 10.3. The first-order valence-electron chi connectivity index (χ1n) is 10.3. The Balaban J connectivity index is 0.00000324. The fraction of sp³-hybridized carbons (Fsp3) is 0.240. The molecule has 0 unspecified atom stereocenters. The van der Waals surface area contributed by atoms with Crippen molar-refractivity contribution in [3.63, 3.8) is 0 Å². The van der Waals surface area contributed by atoms with Crippen LogP contribution in [0.1, 0.15) is 50.8 Å². The molecule has 0 aliphatic rings. The summed E-state index contributed by atoms with van der Waals surface area (Å²) in [6.07, 6.45) is 2.85. The maximum Gasteiger partial charge on any atom is 2.00 e. The fourth-order valence-electron chi connectivity index (χ4n) is 3.31. The zero-order valence-electron chi connectivity index (χ0n) is 18.9. The van der Waals surface area contributed by atoms with Crippen molar-refractivity contribution >= 4 is 5.69 Å². The summed E-state index contributed by atoms with van der Waals surface area (Å²) in [6.45, 7) is 14.9. The van der Waals surface area contributed by atoms with Crippen molar-refractivity contribution < 1.29 is 29.8 Å². The Kier molecular flexibility index (Phi) is 7.38. The maximum atomic E-state index is 14.7. The molecule has 0 N–H and O–H groups in total. The van der Waals surface area contributed by atoms with E-state index in [-0.39, 0.29) is 38.2 Å². The van der Waals surface area contributed by atoms with Gasteiger partial charge in [0.05, 0.1) is 18.2 Å². The SMILES string of the molecule is [C-]#[N+]c1c(F)c[c-]c(-c2cccc(C(C)(C)c3cccc(-n4[c-]nc(C(C)C)n4)n3)n2)c1F.[Pt+2]. The number of rotatable bonds is 5. The molecule has 0 saturated heterocycles. The molecular weight excluding hydrogens is 617 g/mol. The van der Waals surface area contributed by atoms with Crippen LogP contribution in [0, 0.1) is 30.6 Å². The van der Waals surface area contributed by atoms with Gasteiger partial charge >= 0.3 is 21.1 Å². The second-order valence-electron chi connectivity index (χ2n) is 8.34. The molecule has 0 fully saturated rings. The molecule has 6 nitrogen and oxygen atoms in total. The Morgan fingerprint density at radius 3 is 2.38 bits per heavy atom. The molecule has 0 amide bonds. The molecule has 3 aromatic heterocycles. The average molecular weight is 638 g/mol. The summed E-state index contributed by atoms with van der Waals surface area (Å²) in [5.74, 6) is -0.520. The maximum absolute atomic E-state index is 14.7. The normalized spacial score (nSPS) is 11.2. The van der Waals surface area contributed by atoms with E-state index in [1.165, 1.54) is 4.68 Å². The first-order chi connectivity index (χ1) is 15.7. The average Bonchev–Trinajstić information content (AvgIpc) is 3.30. The molecule has 0 bridgehead atoms. The van der Waals surface area contributed by atoms with Crippen LogP contribution >= 0.6 is 0 Å². The van der Waals surface area contributed by atoms with Crippen molar-refractivity contribution in [1.29, 1.82) is 0 Å². The van der Waals surface area contributed by atoms with Crippen molar-refractivity contribution in [2.75, 3.05) is 0 Å². The Morgan fingerprint density at radius 2 is 1.74 bits per heavy atom. The van der Waals surface area contributed by atoms with Crippen molar-refractivity contribution in [1.82, 2.24) is 24.7 Å². The van der Waals surface area contributed by atoms with Crippen molar-refractivity contribution in [3.05, 3.63) is 95.1 Å². The molecule has 0 aliphatic carbocycles. The molecule has 0 aliphatic heterocycles. The number of hydrogen-bond donors (Lipinski definition) is 0. The minimum atomic E-state index is -0.977. The van der Waals surface area contributed by atoms with Crippen LogP contribution in [-0.4, -0.2) is 24.7 Å². The second-order valence-corrected chi connectivity index (χ2v) is 8.34. The summed E-state index contributed by atoms with van der Waals surface area (Å²) in [6, 6.07) is 14.2. The van der Waals surface area contributed by atoms with Gasteiger partial charge in [-0.05, 0) is 37.6 Å². The number of benzene rings is 1. The van der Waals surface area contributed by atoms with E-state index >= 15 is 0 Å². The molecule has 0 spiro atoms. The number of nitrogens with zero attached hydrogens (tertiary/aromatic N) is 6. The van der Waals surface area contributed by atoms with E-state index in [2.05, 4.69) is 32.3 Å². The van der Waals surface area contributed by atoms with E-state index < -0.39 is 22.7 Å². The Bertz CT molecular complexity index is 1370. The summed E-state index contributed by atoms with van der Waals surface area (Å²) in [5.41, 5.74) is 0.202. The summed E-state index contributed by atoms with van der Waals surface area (Å²) >= 11 is 0. The summed E-state index contributed by atoms with van der Waals surface area (Å²) in [4.78, 5) is 16.5. The van der Waals surface area contributed by atoms with Gasteiger partial charge in [0.1, 0.15) is 0 Å². The van der Waals surface area contributed by atoms with Gasteiger partial charge in [0, 0.05) is 34.8 Å². The van der Waals surface area contributed by atoms with Gasteiger partial charge in [0.2, 0.25) is 0 Å². The summed E-state index contributed by atoms with van der Waals surface area (Å²) < 4.78 is 30.0. The smallest absolute Gasteiger partial charge is 0.350 e. The monoisotopic (exact) mass is 637 g/mol. The van der Waals surface area contributed by atoms with Crippen molar-refractivity contribution in [2.24, 2.45) is 0 Å². The third-order valence-electron chi connectivity index (χ3n) is 5.32. The van der Waals surface area contributed by atoms with Gasteiger partial charge in [0.15, 0.2) is 5.69 Å². The number of pyridine rings is 2. The second kappa shape index (κ2) is 9.90. The molecule has 4 rings (SSSR count). The number of hydrogen-bond acceptors (Lipinski definition) is 4. The Hall–Kier alpha value is -3.30. The quantitative estimate of drug-likeness (QED) is 0.268. The summed E-state index contributed by atoms with van der Waals surface area (Å²) in [7, 11) is 0. The topological polar surface area (TPSA) is 60.9 Å². The Morgan fingerprint density at radius 1 is 1.06 bits per heavy atom. The van der Waals surface area contributed by atoms with E-state index in [9.17, 15) is 8.78 Å². The van der Waals surface area contributed by atoms with Crippen LogP contribution in [0.5, 0.6) is 0 Å². The number of halogens is 2. The molecular formula is C25H20F2N6Pt. The Labute approximate surface area is 211 Å². The van der Waals surface area contributed by atoms with E-state index in [1.54, 1.807) is 12.1 Å². The largest absolute Gasteiger partial charge is 2.00 e. The van der Waals surface area contributed by atoms with E-state index in [0.29, 0.717) is 23.0 Å². The molecule has 174 valence electrons. The molecule has 34 heavy (non-hydrogen) atoms. The predicted octanol–water partition coefficient (Wildman–Crippen LogP) is 5.60. The van der Waals surface area contributed by atoms with E-state index in [4.69, 9.17) is 11.6 Å². The standard InChI is InChI=1S/C25H20F2N6.Pt/c1-15(2)24-29-14-33(32-24)21-11-7-10-20(31-21)25(3,4)19-9-6-8-18(30-19)16-12-13-17(26)23(28-5)22(16)27;/h6-11,13,15H,1-4H3;/q-2;+2. The van der Waals surface area contributed by atoms with E-state index in [0.717, 1.165) is 6.07 Å². The fourth-order valence-corrected chi connectivity index (χ4v) is 3.31. The van der Waals surface area contributed by atoms with Crippen LogP contribution in [0.4, 0.5) is 14.5 Å². The van der Waals surface area contributed by atoms with Crippen LogP contribution in [0.3, 0.4) is 0 Å². The molecule has 1 aromatic carbocycles. The third-order valence-corrected chi connectivity index (χ3v) is 5.32. The van der Waals surface area contributed by atoms with Gasteiger partial charge in [0.25, 0.3) is 0 Å². The van der Waals surface area contributed by atoms with Gasteiger partial charge in [-0.2, -0.15) is 0 Å². The number of aromatic nitrogens is 5. The molecule has 0 radical (unpaired) electrons. The minimum Gasteiger partial charge on any atom is -0.350 e. The van der Waals surface area contributed by atoms with Crippen molar-refractivity contribution in [2.45, 2.75) is 39.0 Å². The van der Waals surface area contributed by atoms with Crippen LogP contribution in [-0.2, 0) is 26.5 Å². The molecule has 0 atom stereocenters. The minimum absolute atomic E-state index is 0. The predicted molar refractivity (Wildman–Crippen MR) is 119 cm³/mol. The molecule has 0 saturated carbocycles.